The van der Waals surface area contributed by atoms with Crippen LogP contribution in [-0.4, -0.2) is 43.7 Å². The van der Waals surface area contributed by atoms with Crippen LogP contribution in [0.2, 0.25) is 0 Å². The number of methoxy groups -OCH3 is 1. The number of nitrogens with one attached hydrogen (secondary N) is 1. The lowest BCUT2D eigenvalue weighted by Gasteiger charge is -2.15. The van der Waals surface area contributed by atoms with Crippen molar-refractivity contribution in [3.05, 3.63) is 24.3 Å². The van der Waals surface area contributed by atoms with Crippen molar-refractivity contribution in [3.63, 3.8) is 0 Å². The maximum Gasteiger partial charge on any atom is 0.225 e. The van der Waals surface area contributed by atoms with E-state index in [1.54, 1.807) is 13.2 Å². The van der Waals surface area contributed by atoms with Crippen LogP contribution in [0.5, 0.6) is 0 Å². The number of para-hydroxylation sites is 2. The highest BCUT2D eigenvalue weighted by Crippen LogP contribution is 2.17. The zero-order valence-electron chi connectivity index (χ0n) is 11.3. The van der Waals surface area contributed by atoms with Gasteiger partial charge in [-0.3, -0.25) is 4.79 Å². The molecule has 1 fully saturated rings. The van der Waals surface area contributed by atoms with E-state index in [1.807, 2.05) is 18.2 Å². The lowest BCUT2D eigenvalue weighted by Crippen LogP contribution is -2.27. The largest absolute Gasteiger partial charge is 0.397 e. The smallest absolute Gasteiger partial charge is 0.225 e. The van der Waals surface area contributed by atoms with E-state index in [4.69, 9.17) is 10.5 Å². The molecule has 1 aromatic rings. The van der Waals surface area contributed by atoms with E-state index < -0.39 is 0 Å². The number of nitrogens with zero attached hydrogens (tertiary/aromatic N) is 1. The molecule has 2 rings (SSSR count). The minimum absolute atomic E-state index is 0.00114. The summed E-state index contributed by atoms with van der Waals surface area (Å²) in [7, 11) is 1.74. The van der Waals surface area contributed by atoms with Gasteiger partial charge in [0.05, 0.1) is 17.5 Å². The first-order valence-electron chi connectivity index (χ1n) is 6.58. The molecular formula is C14H21N3O2. The second-order valence-corrected chi connectivity index (χ2v) is 4.83. The summed E-state index contributed by atoms with van der Waals surface area (Å²) in [6.07, 6.45) is 1.84. The average molecular weight is 263 g/mol. The molecule has 0 aromatic heterocycles. The predicted molar refractivity (Wildman–Crippen MR) is 76.0 cm³/mol. The second kappa shape index (κ2) is 6.54. The van der Waals surface area contributed by atoms with Crippen molar-refractivity contribution >= 4 is 17.3 Å². The number of nitrogen functional groups attached to an aromatic ring is 1. The molecule has 19 heavy (non-hydrogen) atoms. The van der Waals surface area contributed by atoms with Crippen molar-refractivity contribution in [2.24, 2.45) is 0 Å². The number of hydrogen-bond acceptors (Lipinski definition) is 4. The summed E-state index contributed by atoms with van der Waals surface area (Å²) in [5, 5.41) is 2.84. The number of amides is 1. The molecule has 5 nitrogen and oxygen atoms in total. The number of carbonyl (C=O) groups excluding carboxylic acids is 1. The minimum atomic E-state index is -0.00114. The number of likely N-dealkylation sites (tertiary alicyclic amines) is 1. The van der Waals surface area contributed by atoms with Crippen molar-refractivity contribution in [2.45, 2.75) is 18.9 Å². The molecule has 0 radical (unpaired) electrons. The van der Waals surface area contributed by atoms with Crippen molar-refractivity contribution < 1.29 is 9.53 Å². The Morgan fingerprint density at radius 3 is 3.00 bits per heavy atom. The molecule has 104 valence electrons. The van der Waals surface area contributed by atoms with Gasteiger partial charge in [0.1, 0.15) is 0 Å². The van der Waals surface area contributed by atoms with Gasteiger partial charge in [-0.1, -0.05) is 12.1 Å². The Labute approximate surface area is 113 Å². The molecule has 1 aromatic carbocycles. The Kier molecular flexibility index (Phi) is 4.76. The van der Waals surface area contributed by atoms with Gasteiger partial charge in [0.25, 0.3) is 0 Å². The lowest BCUT2D eigenvalue weighted by atomic mass is 10.2. The zero-order valence-corrected chi connectivity index (χ0v) is 11.3. The van der Waals surface area contributed by atoms with Crippen molar-refractivity contribution in [2.75, 3.05) is 37.8 Å². The van der Waals surface area contributed by atoms with Crippen LogP contribution in [0.15, 0.2) is 24.3 Å². The van der Waals surface area contributed by atoms with Crippen LogP contribution in [0.3, 0.4) is 0 Å². The van der Waals surface area contributed by atoms with Crippen molar-refractivity contribution in [3.8, 4) is 0 Å². The van der Waals surface area contributed by atoms with Gasteiger partial charge in [0, 0.05) is 33.2 Å². The third-order valence-corrected chi connectivity index (χ3v) is 3.45. The van der Waals surface area contributed by atoms with Gasteiger partial charge in [-0.15, -0.1) is 0 Å². The third-order valence-electron chi connectivity index (χ3n) is 3.45. The predicted octanol–water partition coefficient (Wildman–Crippen LogP) is 1.32. The molecular weight excluding hydrogens is 242 g/mol. The van der Waals surface area contributed by atoms with Crippen molar-refractivity contribution in [1.29, 1.82) is 0 Å². The molecule has 0 spiro atoms. The number of ether oxygens (including phenoxy) is 1. The first kappa shape index (κ1) is 13.8. The molecule has 1 amide bonds. The summed E-state index contributed by atoms with van der Waals surface area (Å²) in [4.78, 5) is 14.1. The maximum atomic E-state index is 11.8. The van der Waals surface area contributed by atoms with Crippen LogP contribution in [-0.2, 0) is 9.53 Å². The molecule has 1 aliphatic heterocycles. The van der Waals surface area contributed by atoms with Gasteiger partial charge in [-0.05, 0) is 18.6 Å². The van der Waals surface area contributed by atoms with Crippen molar-refractivity contribution in [1.82, 2.24) is 4.90 Å². The van der Waals surface area contributed by atoms with E-state index in [0.717, 1.165) is 26.1 Å². The van der Waals surface area contributed by atoms with Crippen LogP contribution in [0, 0.1) is 0 Å². The zero-order chi connectivity index (χ0) is 13.7. The summed E-state index contributed by atoms with van der Waals surface area (Å²) >= 11 is 0. The number of anilines is 2. The fraction of sp³-hybridized carbons (Fsp3) is 0.500. The van der Waals surface area contributed by atoms with Gasteiger partial charge < -0.3 is 20.7 Å². The lowest BCUT2D eigenvalue weighted by molar-refractivity contribution is -0.116. The molecule has 1 atom stereocenters. The van der Waals surface area contributed by atoms with E-state index >= 15 is 0 Å². The Bertz CT molecular complexity index is 436. The topological polar surface area (TPSA) is 67.6 Å². The molecule has 1 saturated heterocycles. The molecule has 0 aliphatic carbocycles. The Morgan fingerprint density at radius 2 is 2.32 bits per heavy atom. The number of benzene rings is 1. The highest BCUT2D eigenvalue weighted by molar-refractivity contribution is 5.93. The fourth-order valence-corrected chi connectivity index (χ4v) is 2.28. The fourth-order valence-electron chi connectivity index (χ4n) is 2.28. The normalized spacial score (nSPS) is 19.5. The summed E-state index contributed by atoms with van der Waals surface area (Å²) in [6.45, 7) is 2.68. The summed E-state index contributed by atoms with van der Waals surface area (Å²) in [5.74, 6) is -0.00114. The monoisotopic (exact) mass is 263 g/mol. The van der Waals surface area contributed by atoms with E-state index in [9.17, 15) is 4.79 Å². The first-order chi connectivity index (χ1) is 9.19. The van der Waals surface area contributed by atoms with Crippen LogP contribution in [0.4, 0.5) is 11.4 Å². The number of carbonyl (C=O) groups is 1. The molecule has 1 unspecified atom stereocenters. The van der Waals surface area contributed by atoms with E-state index in [0.29, 0.717) is 23.9 Å². The van der Waals surface area contributed by atoms with E-state index in [2.05, 4.69) is 10.2 Å². The highest BCUT2D eigenvalue weighted by atomic mass is 16.5. The Balaban J connectivity index is 1.75. The minimum Gasteiger partial charge on any atom is -0.397 e. The Hall–Kier alpha value is -1.59. The van der Waals surface area contributed by atoms with Crippen LogP contribution in [0.25, 0.3) is 0 Å². The summed E-state index contributed by atoms with van der Waals surface area (Å²) < 4.78 is 5.30. The molecule has 0 bridgehead atoms. The molecule has 1 aliphatic rings. The third kappa shape index (κ3) is 3.94. The van der Waals surface area contributed by atoms with E-state index in [1.165, 1.54) is 0 Å². The summed E-state index contributed by atoms with van der Waals surface area (Å²) in [6, 6.07) is 7.29. The average Bonchev–Trinajstić information content (AvgIpc) is 2.87. The first-order valence-corrected chi connectivity index (χ1v) is 6.58. The van der Waals surface area contributed by atoms with Gasteiger partial charge in [-0.2, -0.15) is 0 Å². The number of rotatable bonds is 5. The molecule has 3 N–H and O–H groups in total. The molecule has 5 heteroatoms. The Morgan fingerprint density at radius 1 is 1.53 bits per heavy atom. The van der Waals surface area contributed by atoms with Gasteiger partial charge in [-0.25, -0.2) is 0 Å². The maximum absolute atomic E-state index is 11.8. The van der Waals surface area contributed by atoms with E-state index in [-0.39, 0.29) is 5.91 Å². The highest BCUT2D eigenvalue weighted by Gasteiger charge is 2.22. The van der Waals surface area contributed by atoms with Gasteiger partial charge >= 0.3 is 0 Å². The number of hydrogen-bond donors (Lipinski definition) is 2. The van der Waals surface area contributed by atoms with Gasteiger partial charge in [0.2, 0.25) is 5.91 Å². The van der Waals surface area contributed by atoms with Crippen LogP contribution < -0.4 is 11.1 Å². The molecule has 1 heterocycles. The quantitative estimate of drug-likeness (QED) is 0.786. The van der Waals surface area contributed by atoms with Gasteiger partial charge in [0.15, 0.2) is 0 Å². The summed E-state index contributed by atoms with van der Waals surface area (Å²) in [5.41, 5.74) is 7.06. The molecule has 0 saturated carbocycles. The van der Waals surface area contributed by atoms with Crippen LogP contribution in [0.1, 0.15) is 12.8 Å². The number of nitrogens with two attached hydrogens (primary N) is 1. The second-order valence-electron chi connectivity index (χ2n) is 4.83. The van der Waals surface area contributed by atoms with Crippen LogP contribution >= 0.6 is 0 Å². The standard InChI is InChI=1S/C14H21N3O2/c1-19-11-6-8-17(10-11)9-7-14(18)16-13-5-3-2-4-12(13)15/h2-5,11H,6-10,15H2,1H3,(H,16,18). The SMILES string of the molecule is COC1CCN(CCC(=O)Nc2ccccc2N)C1.